The number of benzene rings is 1. The van der Waals surface area contributed by atoms with Gasteiger partial charge in [0.25, 0.3) is 5.91 Å². The number of hydrogen-bond donors (Lipinski definition) is 2. The van der Waals surface area contributed by atoms with Crippen molar-refractivity contribution in [2.75, 3.05) is 5.32 Å². The van der Waals surface area contributed by atoms with Gasteiger partial charge < -0.3 is 10.4 Å². The number of rotatable bonds is 4. The molecule has 2 rings (SSSR count). The molecule has 1 amide bonds. The fourth-order valence-electron chi connectivity index (χ4n) is 1.59. The zero-order chi connectivity index (χ0) is 15.4. The quantitative estimate of drug-likeness (QED) is 0.834. The molecule has 6 heteroatoms. The highest BCUT2D eigenvalue weighted by molar-refractivity contribution is 7.11. The van der Waals surface area contributed by atoms with Crippen LogP contribution in [0.15, 0.2) is 35.7 Å². The number of nitrogens with one attached hydrogen (secondary N) is 1. The Morgan fingerprint density at radius 1 is 1.33 bits per heavy atom. The monoisotopic (exact) mass is 321 g/mol. The number of carbonyl (C=O) groups is 2. The van der Waals surface area contributed by atoms with Crippen LogP contribution < -0.4 is 5.32 Å². The van der Waals surface area contributed by atoms with Crippen molar-refractivity contribution in [3.05, 3.63) is 56.7 Å². The van der Waals surface area contributed by atoms with Gasteiger partial charge >= 0.3 is 5.97 Å². The Morgan fingerprint density at radius 3 is 2.76 bits per heavy atom. The molecule has 0 saturated carbocycles. The van der Waals surface area contributed by atoms with E-state index in [1.165, 1.54) is 17.4 Å². The lowest BCUT2D eigenvalue weighted by atomic mass is 10.2. The molecule has 4 nitrogen and oxygen atoms in total. The Balaban J connectivity index is 2.10. The Hall–Kier alpha value is -2.11. The second-order valence-electron chi connectivity index (χ2n) is 4.33. The minimum atomic E-state index is -1.02. The van der Waals surface area contributed by atoms with Crippen LogP contribution in [0.3, 0.4) is 0 Å². The fourth-order valence-corrected chi connectivity index (χ4v) is 2.55. The standard InChI is InChI=1S/C15H12ClNO3S/c1-9-2-3-11(7-13(9)16)17-15(20)10-6-12(21-8-10)4-5-14(18)19/h2-8H,1H3,(H,17,20)(H,18,19). The third-order valence-electron chi connectivity index (χ3n) is 2.70. The molecule has 0 saturated heterocycles. The van der Waals surface area contributed by atoms with Crippen LogP contribution in [-0.4, -0.2) is 17.0 Å². The molecule has 0 spiro atoms. The number of anilines is 1. The molecule has 0 bridgehead atoms. The van der Waals surface area contributed by atoms with Crippen molar-refractivity contribution in [3.63, 3.8) is 0 Å². The molecule has 2 N–H and O–H groups in total. The van der Waals surface area contributed by atoms with Crippen molar-refractivity contribution in [2.24, 2.45) is 0 Å². The largest absolute Gasteiger partial charge is 0.478 e. The number of thiophene rings is 1. The average Bonchev–Trinajstić information content (AvgIpc) is 2.89. The highest BCUT2D eigenvalue weighted by atomic mass is 35.5. The lowest BCUT2D eigenvalue weighted by Gasteiger charge is -2.05. The summed E-state index contributed by atoms with van der Waals surface area (Å²) in [5.74, 6) is -1.29. The van der Waals surface area contributed by atoms with Gasteiger partial charge in [0.05, 0.1) is 5.56 Å². The SMILES string of the molecule is Cc1ccc(NC(=O)c2csc(C=CC(=O)O)c2)cc1Cl. The molecule has 2 aromatic rings. The van der Waals surface area contributed by atoms with Crippen molar-refractivity contribution in [3.8, 4) is 0 Å². The molecule has 21 heavy (non-hydrogen) atoms. The average molecular weight is 322 g/mol. The molecule has 0 aliphatic carbocycles. The Kier molecular flexibility index (Phi) is 4.77. The zero-order valence-corrected chi connectivity index (χ0v) is 12.7. The van der Waals surface area contributed by atoms with Gasteiger partial charge in [-0.1, -0.05) is 17.7 Å². The first-order chi connectivity index (χ1) is 9.95. The van der Waals surface area contributed by atoms with E-state index in [9.17, 15) is 9.59 Å². The van der Waals surface area contributed by atoms with Crippen LogP contribution in [0.5, 0.6) is 0 Å². The maximum atomic E-state index is 12.1. The minimum Gasteiger partial charge on any atom is -0.478 e. The van der Waals surface area contributed by atoms with E-state index in [2.05, 4.69) is 5.32 Å². The second-order valence-corrected chi connectivity index (χ2v) is 5.68. The molecule has 1 aromatic carbocycles. The Labute approximate surface area is 130 Å². The molecule has 0 aliphatic rings. The summed E-state index contributed by atoms with van der Waals surface area (Å²) in [4.78, 5) is 23.2. The topological polar surface area (TPSA) is 66.4 Å². The summed E-state index contributed by atoms with van der Waals surface area (Å²) in [6.45, 7) is 1.88. The summed E-state index contributed by atoms with van der Waals surface area (Å²) in [6, 6.07) is 6.92. The molecule has 0 radical (unpaired) electrons. The molecule has 1 aromatic heterocycles. The number of carbonyl (C=O) groups excluding carboxylic acids is 1. The summed E-state index contributed by atoms with van der Waals surface area (Å²) < 4.78 is 0. The second kappa shape index (κ2) is 6.56. The molecule has 0 fully saturated rings. The smallest absolute Gasteiger partial charge is 0.328 e. The van der Waals surface area contributed by atoms with Crippen LogP contribution in [0.1, 0.15) is 20.8 Å². The maximum Gasteiger partial charge on any atom is 0.328 e. The van der Waals surface area contributed by atoms with Gasteiger partial charge in [-0.15, -0.1) is 11.3 Å². The van der Waals surface area contributed by atoms with Gasteiger partial charge in [0, 0.05) is 27.0 Å². The van der Waals surface area contributed by atoms with E-state index in [1.54, 1.807) is 23.6 Å². The van der Waals surface area contributed by atoms with Crippen LogP contribution in [0, 0.1) is 6.92 Å². The van der Waals surface area contributed by atoms with E-state index in [-0.39, 0.29) is 5.91 Å². The zero-order valence-electron chi connectivity index (χ0n) is 11.1. The highest BCUT2D eigenvalue weighted by Crippen LogP contribution is 2.22. The molecule has 0 atom stereocenters. The van der Waals surface area contributed by atoms with E-state index in [0.29, 0.717) is 21.2 Å². The molecule has 0 unspecified atom stereocenters. The van der Waals surface area contributed by atoms with E-state index in [4.69, 9.17) is 16.7 Å². The first kappa shape index (κ1) is 15.3. The predicted molar refractivity (Wildman–Crippen MR) is 85.1 cm³/mol. The van der Waals surface area contributed by atoms with Gasteiger partial charge in [-0.25, -0.2) is 4.79 Å². The molecule has 0 aliphatic heterocycles. The third kappa shape index (κ3) is 4.18. The van der Waals surface area contributed by atoms with Crippen LogP contribution in [-0.2, 0) is 4.79 Å². The third-order valence-corrected chi connectivity index (χ3v) is 4.01. The molecule has 1 heterocycles. The van der Waals surface area contributed by atoms with Crippen LogP contribution >= 0.6 is 22.9 Å². The first-order valence-corrected chi connectivity index (χ1v) is 7.28. The van der Waals surface area contributed by atoms with Crippen LogP contribution in [0.2, 0.25) is 5.02 Å². The normalized spacial score (nSPS) is 10.8. The number of aryl methyl sites for hydroxylation is 1. The lowest BCUT2D eigenvalue weighted by Crippen LogP contribution is -2.10. The predicted octanol–water partition coefficient (Wildman–Crippen LogP) is 4.06. The van der Waals surface area contributed by atoms with Crippen molar-refractivity contribution >= 4 is 46.6 Å². The summed E-state index contributed by atoms with van der Waals surface area (Å²) in [5.41, 5.74) is 2.03. The van der Waals surface area contributed by atoms with Crippen molar-refractivity contribution in [1.29, 1.82) is 0 Å². The van der Waals surface area contributed by atoms with Gasteiger partial charge in [-0.3, -0.25) is 4.79 Å². The fraction of sp³-hybridized carbons (Fsp3) is 0.0667. The van der Waals surface area contributed by atoms with Crippen molar-refractivity contribution < 1.29 is 14.7 Å². The minimum absolute atomic E-state index is 0.263. The van der Waals surface area contributed by atoms with Crippen LogP contribution in [0.4, 0.5) is 5.69 Å². The van der Waals surface area contributed by atoms with E-state index in [0.717, 1.165) is 11.6 Å². The van der Waals surface area contributed by atoms with Crippen molar-refractivity contribution in [2.45, 2.75) is 6.92 Å². The van der Waals surface area contributed by atoms with Gasteiger partial charge in [0.1, 0.15) is 0 Å². The van der Waals surface area contributed by atoms with Gasteiger partial charge in [0.15, 0.2) is 0 Å². The first-order valence-electron chi connectivity index (χ1n) is 6.03. The van der Waals surface area contributed by atoms with Crippen LogP contribution in [0.25, 0.3) is 6.08 Å². The van der Waals surface area contributed by atoms with Gasteiger partial charge in [0.2, 0.25) is 0 Å². The molecule has 108 valence electrons. The highest BCUT2D eigenvalue weighted by Gasteiger charge is 2.09. The van der Waals surface area contributed by atoms with Crippen molar-refractivity contribution in [1.82, 2.24) is 0 Å². The number of amides is 1. The Morgan fingerprint density at radius 2 is 2.10 bits per heavy atom. The summed E-state index contributed by atoms with van der Waals surface area (Å²) in [7, 11) is 0. The van der Waals surface area contributed by atoms with Gasteiger partial charge in [-0.2, -0.15) is 0 Å². The van der Waals surface area contributed by atoms with E-state index in [1.807, 2.05) is 13.0 Å². The molecular weight excluding hydrogens is 310 g/mol. The number of carboxylic acids is 1. The number of carboxylic acid groups (broad SMARTS) is 1. The summed E-state index contributed by atoms with van der Waals surface area (Å²) in [5, 5.41) is 13.6. The van der Waals surface area contributed by atoms with E-state index < -0.39 is 5.97 Å². The number of hydrogen-bond acceptors (Lipinski definition) is 3. The number of aliphatic carboxylic acids is 1. The van der Waals surface area contributed by atoms with Gasteiger partial charge in [-0.05, 0) is 36.8 Å². The molecular formula is C15H12ClNO3S. The maximum absolute atomic E-state index is 12.1. The summed E-state index contributed by atoms with van der Waals surface area (Å²) >= 11 is 7.30. The number of halogens is 1. The summed E-state index contributed by atoms with van der Waals surface area (Å²) in [6.07, 6.45) is 2.49. The van der Waals surface area contributed by atoms with E-state index >= 15 is 0 Å². The Bertz CT molecular complexity index is 721. The lowest BCUT2D eigenvalue weighted by molar-refractivity contribution is -0.131.